The fourth-order valence-electron chi connectivity index (χ4n) is 0.997. The Morgan fingerprint density at radius 3 is 2.40 bits per heavy atom. The van der Waals surface area contributed by atoms with Crippen LogP contribution in [0.3, 0.4) is 0 Å². The van der Waals surface area contributed by atoms with Crippen LogP contribution in [-0.4, -0.2) is 6.61 Å². The van der Waals surface area contributed by atoms with E-state index >= 15 is 0 Å². The predicted octanol–water partition coefficient (Wildman–Crippen LogP) is 2.24. The summed E-state index contributed by atoms with van der Waals surface area (Å²) in [5.41, 5.74) is 0.260. The van der Waals surface area contributed by atoms with Crippen molar-refractivity contribution in [1.82, 2.24) is 0 Å². The third-order valence-electron chi connectivity index (χ3n) is 1.58. The van der Waals surface area contributed by atoms with Gasteiger partial charge in [0.05, 0.1) is 0 Å². The largest absolute Gasteiger partial charge is 0.609 e. The van der Waals surface area contributed by atoms with E-state index in [1.54, 1.807) is 36.0 Å². The number of nitrogens with zero attached hydrogens (tertiary/aromatic N) is 1. The Balaban J connectivity index is 3.09. The monoisotopic (exact) mass is 265 g/mol. The van der Waals surface area contributed by atoms with Gasteiger partial charge in [-0.05, 0) is 6.61 Å². The average Bonchev–Trinajstić information content (AvgIpc) is 2.19. The highest BCUT2D eigenvalue weighted by Gasteiger charge is 2.20. The molecule has 0 bridgehead atoms. The Morgan fingerprint density at radius 2 is 1.93 bits per heavy atom. The van der Waals surface area contributed by atoms with Crippen molar-refractivity contribution in [2.24, 2.45) is 0 Å². The molecule has 0 unspecified atom stereocenters. The molecule has 0 radical (unpaired) electrons. The van der Waals surface area contributed by atoms with Crippen LogP contribution in [0.25, 0.3) is 5.44 Å². The number of hydrogen-bond acceptors (Lipinski definition) is 2. The molecule has 0 atom stereocenters. The first-order valence-electron chi connectivity index (χ1n) is 4.29. The number of hydrogen-bond donors (Lipinski definition) is 0. The van der Waals surface area contributed by atoms with E-state index in [1.165, 1.54) is 0 Å². The standard InChI is InChI=1S/C9H10Cl2NO2P/c1-2-14-9(13)8(15(10)11)12-6-4-3-5-7-12/h3-7H,2H2,1H3/b9-8-. The molecule has 82 valence electrons. The van der Waals surface area contributed by atoms with Gasteiger partial charge in [-0.2, -0.15) is 4.57 Å². The highest BCUT2D eigenvalue weighted by atomic mass is 35.9. The summed E-state index contributed by atoms with van der Waals surface area (Å²) >= 11 is 11.6. The Morgan fingerprint density at radius 1 is 1.33 bits per heavy atom. The van der Waals surface area contributed by atoms with E-state index in [4.69, 9.17) is 27.2 Å². The topological polar surface area (TPSA) is 36.2 Å². The van der Waals surface area contributed by atoms with Gasteiger partial charge in [0, 0.05) is 12.1 Å². The van der Waals surface area contributed by atoms with Gasteiger partial charge in [0.1, 0.15) is 5.95 Å². The maximum atomic E-state index is 11.6. The zero-order valence-electron chi connectivity index (χ0n) is 8.06. The fraction of sp³-hybridized carbons (Fsp3) is 0.222. The summed E-state index contributed by atoms with van der Waals surface area (Å²) in [6.45, 7) is 0.489. The number of rotatable bonds is 4. The minimum atomic E-state index is -1.54. The molecular formula is C9H10Cl2NO2P. The highest BCUT2D eigenvalue weighted by molar-refractivity contribution is 8.10. The van der Waals surface area contributed by atoms with Crippen LogP contribution in [0.15, 0.2) is 36.5 Å². The number of aromatic nitrogens is 1. The van der Waals surface area contributed by atoms with E-state index in [1.807, 2.05) is 6.07 Å². The minimum Gasteiger partial charge on any atom is -0.609 e. The van der Waals surface area contributed by atoms with Gasteiger partial charge in [-0.1, -0.05) is 35.5 Å². The molecule has 0 aliphatic rings. The SMILES string of the molecule is CCO/C([O-])=C(/[n+]1ccccc1)P(Cl)Cl. The van der Waals surface area contributed by atoms with Crippen molar-refractivity contribution < 1.29 is 14.4 Å². The molecule has 1 heterocycles. The molecule has 0 N–H and O–H groups in total. The summed E-state index contributed by atoms with van der Waals surface area (Å²) in [6, 6.07) is 5.40. The predicted molar refractivity (Wildman–Crippen MR) is 60.1 cm³/mol. The number of halogens is 2. The molecular weight excluding hydrogens is 256 g/mol. The van der Waals surface area contributed by atoms with E-state index in [-0.39, 0.29) is 5.44 Å². The van der Waals surface area contributed by atoms with Gasteiger partial charge in [0.25, 0.3) is 5.44 Å². The fourth-order valence-corrected chi connectivity index (χ4v) is 2.45. The summed E-state index contributed by atoms with van der Waals surface area (Å²) in [5, 5.41) is 11.6. The molecule has 0 aliphatic heterocycles. The van der Waals surface area contributed by atoms with Crippen LogP contribution in [0.2, 0.25) is 0 Å². The average molecular weight is 266 g/mol. The molecule has 15 heavy (non-hydrogen) atoms. The molecule has 0 spiro atoms. The number of pyridine rings is 1. The third kappa shape index (κ3) is 3.53. The lowest BCUT2D eigenvalue weighted by Gasteiger charge is -2.14. The molecule has 0 amide bonds. The lowest BCUT2D eigenvalue weighted by atomic mass is 10.5. The zero-order chi connectivity index (χ0) is 11.3. The molecule has 0 fully saturated rings. The molecule has 1 rings (SSSR count). The summed E-state index contributed by atoms with van der Waals surface area (Å²) in [4.78, 5) is 0. The maximum Gasteiger partial charge on any atom is 0.260 e. The van der Waals surface area contributed by atoms with Crippen LogP contribution in [0.1, 0.15) is 6.92 Å². The van der Waals surface area contributed by atoms with E-state index in [9.17, 15) is 5.11 Å². The van der Waals surface area contributed by atoms with Crippen LogP contribution < -0.4 is 9.67 Å². The Hall–Kier alpha value is -0.500. The third-order valence-corrected chi connectivity index (χ3v) is 3.27. The second-order valence-corrected chi connectivity index (χ2v) is 6.00. The van der Waals surface area contributed by atoms with Crippen molar-refractivity contribution >= 4 is 34.5 Å². The summed E-state index contributed by atoms with van der Waals surface area (Å²) in [5.74, 6) is -0.482. The van der Waals surface area contributed by atoms with Crippen LogP contribution >= 0.6 is 29.1 Å². The van der Waals surface area contributed by atoms with Crippen LogP contribution in [-0.2, 0) is 4.74 Å². The van der Waals surface area contributed by atoms with Gasteiger partial charge in [-0.3, -0.25) is 0 Å². The van der Waals surface area contributed by atoms with Crippen LogP contribution in [0.5, 0.6) is 0 Å². The second kappa shape index (κ2) is 6.16. The molecule has 0 saturated carbocycles. The van der Waals surface area contributed by atoms with E-state index in [0.717, 1.165) is 0 Å². The zero-order valence-corrected chi connectivity index (χ0v) is 10.5. The molecule has 1 aromatic heterocycles. The van der Waals surface area contributed by atoms with Gasteiger partial charge >= 0.3 is 0 Å². The lowest BCUT2D eigenvalue weighted by Crippen LogP contribution is -2.33. The molecule has 0 saturated heterocycles. The molecule has 6 heteroatoms. The van der Waals surface area contributed by atoms with Crippen molar-refractivity contribution in [2.75, 3.05) is 6.61 Å². The van der Waals surface area contributed by atoms with Gasteiger partial charge in [0.15, 0.2) is 19.0 Å². The van der Waals surface area contributed by atoms with Gasteiger partial charge in [-0.25, -0.2) is 0 Å². The van der Waals surface area contributed by atoms with Gasteiger partial charge < -0.3 is 9.84 Å². The van der Waals surface area contributed by atoms with Crippen molar-refractivity contribution in [3.05, 3.63) is 36.5 Å². The van der Waals surface area contributed by atoms with Crippen LogP contribution in [0.4, 0.5) is 0 Å². The highest BCUT2D eigenvalue weighted by Crippen LogP contribution is 2.55. The van der Waals surface area contributed by atoms with Crippen molar-refractivity contribution in [3.63, 3.8) is 0 Å². The quantitative estimate of drug-likeness (QED) is 0.476. The van der Waals surface area contributed by atoms with Crippen molar-refractivity contribution in [3.8, 4) is 0 Å². The van der Waals surface area contributed by atoms with Crippen molar-refractivity contribution in [2.45, 2.75) is 6.92 Å². The molecule has 0 aliphatic carbocycles. The Bertz CT molecular complexity index is 343. The minimum absolute atomic E-state index is 0.260. The van der Waals surface area contributed by atoms with E-state index < -0.39 is 12.6 Å². The first kappa shape index (κ1) is 12.6. The first-order valence-corrected chi connectivity index (χ1v) is 7.44. The summed E-state index contributed by atoms with van der Waals surface area (Å²) in [7, 11) is 0. The lowest BCUT2D eigenvalue weighted by molar-refractivity contribution is -0.581. The smallest absolute Gasteiger partial charge is 0.260 e. The molecule has 0 aromatic carbocycles. The summed E-state index contributed by atoms with van der Waals surface area (Å²) in [6.07, 6.45) is 3.40. The van der Waals surface area contributed by atoms with Crippen molar-refractivity contribution in [1.29, 1.82) is 0 Å². The Labute approximate surface area is 99.2 Å². The molecule has 1 aromatic rings. The summed E-state index contributed by atoms with van der Waals surface area (Å²) < 4.78 is 6.44. The normalized spacial score (nSPS) is 12.5. The first-order chi connectivity index (χ1) is 7.16. The second-order valence-electron chi connectivity index (χ2n) is 2.56. The maximum absolute atomic E-state index is 11.6. The van der Waals surface area contributed by atoms with E-state index in [0.29, 0.717) is 6.61 Å². The van der Waals surface area contributed by atoms with Gasteiger partial charge in [0.2, 0.25) is 0 Å². The molecule has 3 nitrogen and oxygen atoms in total. The van der Waals surface area contributed by atoms with Crippen LogP contribution in [0, 0.1) is 0 Å². The van der Waals surface area contributed by atoms with Gasteiger partial charge in [-0.15, -0.1) is 0 Å². The Kier molecular flexibility index (Phi) is 5.16. The van der Waals surface area contributed by atoms with E-state index in [2.05, 4.69) is 0 Å². The number of ether oxygens (including phenoxy) is 1.